The number of carbonyl (C=O) groups excluding carboxylic acids is 1. The molecule has 0 N–H and O–H groups in total. The number of rotatable bonds is 7. The molecule has 1 saturated heterocycles. The number of nitrogens with zero attached hydrogens (tertiary/aromatic N) is 3. The molecule has 1 aliphatic rings. The van der Waals surface area contributed by atoms with Gasteiger partial charge in [-0.05, 0) is 29.8 Å². The third-order valence-corrected chi connectivity index (χ3v) is 6.14. The van der Waals surface area contributed by atoms with Crippen LogP contribution in [0, 0.1) is 17.5 Å². The number of thiazole rings is 1. The lowest BCUT2D eigenvalue weighted by molar-refractivity contribution is 0.0645. The Morgan fingerprint density at radius 1 is 1.09 bits per heavy atom. The van der Waals surface area contributed by atoms with E-state index in [1.807, 2.05) is 6.08 Å². The Hall–Kier alpha value is -3.17. The lowest BCUT2D eigenvalue weighted by Gasteiger charge is -2.33. The highest BCUT2D eigenvalue weighted by atomic mass is 32.1. The fourth-order valence-electron chi connectivity index (χ4n) is 3.59. The highest BCUT2D eigenvalue weighted by Gasteiger charge is 2.24. The van der Waals surface area contributed by atoms with Crippen molar-refractivity contribution in [1.82, 2.24) is 14.8 Å². The Bertz CT molecular complexity index is 1140. The van der Waals surface area contributed by atoms with Gasteiger partial charge in [-0.15, -0.1) is 17.9 Å². The van der Waals surface area contributed by atoms with Gasteiger partial charge in [-0.2, -0.15) is 0 Å². The first-order valence-corrected chi connectivity index (χ1v) is 11.3. The van der Waals surface area contributed by atoms with Crippen LogP contribution in [0.25, 0.3) is 10.6 Å². The summed E-state index contributed by atoms with van der Waals surface area (Å²) in [6.45, 7) is 7.17. The number of amides is 1. The van der Waals surface area contributed by atoms with Gasteiger partial charge in [-0.25, -0.2) is 18.2 Å². The molecule has 0 aliphatic carbocycles. The van der Waals surface area contributed by atoms with E-state index >= 15 is 0 Å². The molecule has 1 amide bonds. The molecule has 2 aromatic carbocycles. The minimum absolute atomic E-state index is 0.108. The van der Waals surface area contributed by atoms with Crippen LogP contribution in [0.3, 0.4) is 0 Å². The van der Waals surface area contributed by atoms with Crippen LogP contribution in [-0.2, 0) is 6.61 Å². The van der Waals surface area contributed by atoms with Crippen molar-refractivity contribution >= 4 is 17.2 Å². The average molecular weight is 474 g/mol. The van der Waals surface area contributed by atoms with Gasteiger partial charge in [0.05, 0.1) is 0 Å². The zero-order valence-corrected chi connectivity index (χ0v) is 18.6. The first-order chi connectivity index (χ1) is 15.9. The summed E-state index contributed by atoms with van der Waals surface area (Å²) in [4.78, 5) is 21.1. The summed E-state index contributed by atoms with van der Waals surface area (Å²) in [6, 6.07) is 7.33. The minimum Gasteiger partial charge on any atom is -0.489 e. The SMILES string of the molecule is C=CCN1CCN(C(=O)c2csc(-c3ccc(OCc4cc(F)cc(F)c4)cc3F)n2)CC1. The Morgan fingerprint density at radius 2 is 1.82 bits per heavy atom. The van der Waals surface area contributed by atoms with Crippen molar-refractivity contribution in [3.05, 3.63) is 83.1 Å². The molecule has 0 radical (unpaired) electrons. The van der Waals surface area contributed by atoms with Crippen LogP contribution in [0.4, 0.5) is 13.2 Å². The van der Waals surface area contributed by atoms with Crippen LogP contribution in [-0.4, -0.2) is 53.4 Å². The highest BCUT2D eigenvalue weighted by Crippen LogP contribution is 2.29. The maximum atomic E-state index is 14.7. The average Bonchev–Trinajstić information content (AvgIpc) is 3.27. The van der Waals surface area contributed by atoms with E-state index in [1.54, 1.807) is 16.3 Å². The van der Waals surface area contributed by atoms with E-state index in [2.05, 4.69) is 16.5 Å². The minimum atomic E-state index is -0.706. The number of hydrogen-bond acceptors (Lipinski definition) is 5. The molecule has 1 aliphatic heterocycles. The van der Waals surface area contributed by atoms with Gasteiger partial charge < -0.3 is 9.64 Å². The number of carbonyl (C=O) groups is 1. The zero-order chi connectivity index (χ0) is 23.4. The van der Waals surface area contributed by atoms with E-state index in [4.69, 9.17) is 4.74 Å². The largest absolute Gasteiger partial charge is 0.489 e. The van der Waals surface area contributed by atoms with E-state index < -0.39 is 17.5 Å². The maximum Gasteiger partial charge on any atom is 0.273 e. The van der Waals surface area contributed by atoms with E-state index in [0.29, 0.717) is 29.4 Å². The Kier molecular flexibility index (Phi) is 7.10. The number of halogens is 3. The number of ether oxygens (including phenoxy) is 1. The van der Waals surface area contributed by atoms with Crippen LogP contribution in [0.1, 0.15) is 16.1 Å². The van der Waals surface area contributed by atoms with E-state index in [1.165, 1.54) is 23.5 Å². The molecular weight excluding hydrogens is 451 g/mol. The second-order valence-corrected chi connectivity index (χ2v) is 8.49. The smallest absolute Gasteiger partial charge is 0.273 e. The standard InChI is InChI=1S/C24H22F3N3O2S/c1-2-5-29-6-8-30(9-7-29)24(31)22-15-33-23(28-22)20-4-3-19(13-21(20)27)32-14-16-10-17(25)12-18(26)11-16/h2-4,10-13,15H,1,5-9,14H2. The van der Waals surface area contributed by atoms with E-state index in [0.717, 1.165) is 37.8 Å². The first kappa shape index (κ1) is 23.0. The Morgan fingerprint density at radius 3 is 2.48 bits per heavy atom. The highest BCUT2D eigenvalue weighted by molar-refractivity contribution is 7.13. The van der Waals surface area contributed by atoms with Crippen LogP contribution < -0.4 is 4.74 Å². The summed E-state index contributed by atoms with van der Waals surface area (Å²) in [5.74, 6) is -1.93. The molecule has 0 atom stereocenters. The molecule has 0 bridgehead atoms. The van der Waals surface area contributed by atoms with Gasteiger partial charge in [-0.3, -0.25) is 9.69 Å². The molecule has 5 nitrogen and oxygen atoms in total. The lowest BCUT2D eigenvalue weighted by atomic mass is 10.2. The predicted octanol–water partition coefficient (Wildman–Crippen LogP) is 4.75. The summed E-state index contributed by atoms with van der Waals surface area (Å²) in [7, 11) is 0. The molecule has 1 fully saturated rings. The van der Waals surface area contributed by atoms with Crippen molar-refractivity contribution in [1.29, 1.82) is 0 Å². The summed E-state index contributed by atoms with van der Waals surface area (Å²) in [5, 5.41) is 2.02. The Labute approximate surface area is 193 Å². The van der Waals surface area contributed by atoms with Crippen LogP contribution in [0.15, 0.2) is 54.4 Å². The number of aromatic nitrogens is 1. The first-order valence-electron chi connectivity index (χ1n) is 10.4. The molecular formula is C24H22F3N3O2S. The number of benzene rings is 2. The second kappa shape index (κ2) is 10.2. The summed E-state index contributed by atoms with van der Waals surface area (Å²) < 4.78 is 46.8. The molecule has 1 aromatic heterocycles. The van der Waals surface area contributed by atoms with Gasteiger partial charge in [-0.1, -0.05) is 6.08 Å². The van der Waals surface area contributed by atoms with Gasteiger partial charge >= 0.3 is 0 Å². The fourth-order valence-corrected chi connectivity index (χ4v) is 4.41. The number of piperazine rings is 1. The summed E-state index contributed by atoms with van der Waals surface area (Å²) >= 11 is 1.19. The molecule has 3 aromatic rings. The van der Waals surface area contributed by atoms with E-state index in [9.17, 15) is 18.0 Å². The number of hydrogen-bond donors (Lipinski definition) is 0. The van der Waals surface area contributed by atoms with Crippen molar-refractivity contribution in [2.45, 2.75) is 6.61 Å². The summed E-state index contributed by atoms with van der Waals surface area (Å²) in [6.07, 6.45) is 1.84. The normalized spacial score (nSPS) is 14.3. The lowest BCUT2D eigenvalue weighted by Crippen LogP contribution is -2.48. The van der Waals surface area contributed by atoms with Gasteiger partial charge in [0.25, 0.3) is 5.91 Å². The Balaban J connectivity index is 1.40. The van der Waals surface area contributed by atoms with Gasteiger partial charge in [0, 0.05) is 55.8 Å². The third-order valence-electron chi connectivity index (χ3n) is 5.27. The third kappa shape index (κ3) is 5.61. The van der Waals surface area contributed by atoms with Crippen LogP contribution in [0.2, 0.25) is 0 Å². The molecule has 0 spiro atoms. The van der Waals surface area contributed by atoms with Crippen LogP contribution in [0.5, 0.6) is 5.75 Å². The van der Waals surface area contributed by atoms with Crippen molar-refractivity contribution in [3.8, 4) is 16.3 Å². The molecule has 172 valence electrons. The van der Waals surface area contributed by atoms with Gasteiger partial charge in [0.15, 0.2) is 0 Å². The quantitative estimate of drug-likeness (QED) is 0.465. The zero-order valence-electron chi connectivity index (χ0n) is 17.8. The maximum absolute atomic E-state index is 14.7. The molecule has 2 heterocycles. The van der Waals surface area contributed by atoms with Gasteiger partial charge in [0.2, 0.25) is 0 Å². The molecule has 33 heavy (non-hydrogen) atoms. The van der Waals surface area contributed by atoms with Crippen molar-refractivity contribution in [2.24, 2.45) is 0 Å². The molecule has 4 rings (SSSR count). The molecule has 0 unspecified atom stereocenters. The van der Waals surface area contributed by atoms with Gasteiger partial charge in [0.1, 0.15) is 40.5 Å². The monoisotopic (exact) mass is 473 g/mol. The van der Waals surface area contributed by atoms with Crippen molar-refractivity contribution in [2.75, 3.05) is 32.7 Å². The molecule has 9 heteroatoms. The van der Waals surface area contributed by atoms with Crippen molar-refractivity contribution < 1.29 is 22.7 Å². The second-order valence-electron chi connectivity index (χ2n) is 7.63. The summed E-state index contributed by atoms with van der Waals surface area (Å²) in [5.41, 5.74) is 0.837. The predicted molar refractivity (Wildman–Crippen MR) is 121 cm³/mol. The fraction of sp³-hybridized carbons (Fsp3) is 0.250. The van der Waals surface area contributed by atoms with Crippen molar-refractivity contribution in [3.63, 3.8) is 0 Å². The van der Waals surface area contributed by atoms with Crippen LogP contribution >= 0.6 is 11.3 Å². The molecule has 0 saturated carbocycles. The topological polar surface area (TPSA) is 45.7 Å². The van der Waals surface area contributed by atoms with E-state index in [-0.39, 0.29) is 23.8 Å².